The summed E-state index contributed by atoms with van der Waals surface area (Å²) in [5.41, 5.74) is 2.29. The van der Waals surface area contributed by atoms with Gasteiger partial charge in [0.15, 0.2) is 0 Å². The van der Waals surface area contributed by atoms with Gasteiger partial charge < -0.3 is 19.3 Å². The highest BCUT2D eigenvalue weighted by atomic mass is 16.5. The molecule has 0 saturated carbocycles. The van der Waals surface area contributed by atoms with Crippen LogP contribution in [0.3, 0.4) is 0 Å². The number of benzene rings is 2. The largest absolute Gasteiger partial charge is 0.493 e. The van der Waals surface area contributed by atoms with E-state index in [1.54, 1.807) is 0 Å². The lowest BCUT2D eigenvalue weighted by molar-refractivity contribution is -0.137. The Labute approximate surface area is 166 Å². The van der Waals surface area contributed by atoms with Gasteiger partial charge in [0.1, 0.15) is 17.2 Å². The van der Waals surface area contributed by atoms with Crippen molar-refractivity contribution in [2.75, 3.05) is 19.8 Å². The Hall–Kier alpha value is -2.69. The third-order valence-corrected chi connectivity index (χ3v) is 4.81. The van der Waals surface area contributed by atoms with Crippen molar-refractivity contribution in [1.82, 2.24) is 0 Å². The molecule has 1 aliphatic heterocycles. The first-order chi connectivity index (χ1) is 13.3. The highest BCUT2D eigenvalue weighted by molar-refractivity contribution is 5.68. The van der Waals surface area contributed by atoms with Crippen LogP contribution in [-0.2, 0) is 10.2 Å². The maximum Gasteiger partial charge on any atom is 0.304 e. The van der Waals surface area contributed by atoms with Gasteiger partial charge in [-0.25, -0.2) is 0 Å². The number of hydrogen-bond acceptors (Lipinski definition) is 4. The van der Waals surface area contributed by atoms with Crippen LogP contribution in [0.4, 0.5) is 0 Å². The van der Waals surface area contributed by atoms with Crippen molar-refractivity contribution >= 4 is 5.97 Å². The maximum absolute atomic E-state index is 10.9. The number of ether oxygens (including phenoxy) is 3. The van der Waals surface area contributed by atoms with Gasteiger partial charge in [0.25, 0.3) is 0 Å². The number of carboxylic acid groups (broad SMARTS) is 1. The topological polar surface area (TPSA) is 65.0 Å². The predicted octanol–water partition coefficient (Wildman–Crippen LogP) is 4.78. The molecule has 0 fully saturated rings. The van der Waals surface area contributed by atoms with E-state index in [1.165, 1.54) is 5.56 Å². The summed E-state index contributed by atoms with van der Waals surface area (Å²) in [6.45, 7) is 8.08. The van der Waals surface area contributed by atoms with Crippen LogP contribution >= 0.6 is 0 Å². The van der Waals surface area contributed by atoms with Gasteiger partial charge in [0.2, 0.25) is 0 Å². The molecule has 150 valence electrons. The normalized spacial score (nSPS) is 15.6. The molecular formula is C23H28O5. The smallest absolute Gasteiger partial charge is 0.304 e. The molecule has 1 atom stereocenters. The molecule has 0 spiro atoms. The van der Waals surface area contributed by atoms with E-state index in [9.17, 15) is 4.79 Å². The van der Waals surface area contributed by atoms with Gasteiger partial charge in [-0.2, -0.15) is 0 Å². The average Bonchev–Trinajstić information content (AvgIpc) is 3.02. The van der Waals surface area contributed by atoms with Crippen LogP contribution in [0.5, 0.6) is 17.2 Å². The van der Waals surface area contributed by atoms with Crippen LogP contribution in [0.25, 0.3) is 0 Å². The van der Waals surface area contributed by atoms with Gasteiger partial charge in [-0.05, 0) is 29.2 Å². The third kappa shape index (κ3) is 5.18. The highest BCUT2D eigenvalue weighted by Crippen LogP contribution is 2.38. The van der Waals surface area contributed by atoms with Crippen molar-refractivity contribution in [3.63, 3.8) is 0 Å². The first-order valence-corrected chi connectivity index (χ1v) is 9.67. The Morgan fingerprint density at radius 2 is 1.82 bits per heavy atom. The lowest BCUT2D eigenvalue weighted by atomic mass is 9.87. The van der Waals surface area contributed by atoms with Crippen LogP contribution in [0.2, 0.25) is 0 Å². The van der Waals surface area contributed by atoms with Crippen molar-refractivity contribution in [2.24, 2.45) is 0 Å². The number of hydrogen-bond donors (Lipinski definition) is 1. The minimum atomic E-state index is -0.810. The van der Waals surface area contributed by atoms with Gasteiger partial charge in [-0.1, -0.05) is 39.0 Å². The van der Waals surface area contributed by atoms with Crippen LogP contribution in [-0.4, -0.2) is 30.9 Å². The quantitative estimate of drug-likeness (QED) is 0.664. The van der Waals surface area contributed by atoms with E-state index < -0.39 is 5.97 Å². The molecule has 1 heterocycles. The number of aliphatic carboxylic acids is 1. The molecule has 1 aliphatic rings. The summed E-state index contributed by atoms with van der Waals surface area (Å²) in [6, 6.07) is 13.8. The Morgan fingerprint density at radius 1 is 1.11 bits per heavy atom. The Balaban J connectivity index is 1.45. The third-order valence-electron chi connectivity index (χ3n) is 4.81. The van der Waals surface area contributed by atoms with Gasteiger partial charge in [-0.3, -0.25) is 4.79 Å². The molecule has 5 nitrogen and oxygen atoms in total. The van der Waals surface area contributed by atoms with Crippen LogP contribution in [0.1, 0.15) is 50.7 Å². The first kappa shape index (κ1) is 20.1. The zero-order chi connectivity index (χ0) is 20.1. The fourth-order valence-electron chi connectivity index (χ4n) is 3.22. The molecule has 0 aromatic heterocycles. The van der Waals surface area contributed by atoms with Gasteiger partial charge in [0, 0.05) is 24.0 Å². The van der Waals surface area contributed by atoms with Crippen molar-refractivity contribution in [3.05, 3.63) is 53.6 Å². The monoisotopic (exact) mass is 384 g/mol. The molecule has 3 rings (SSSR count). The molecule has 0 saturated heterocycles. The maximum atomic E-state index is 10.9. The van der Waals surface area contributed by atoms with Crippen LogP contribution in [0, 0.1) is 0 Å². The summed E-state index contributed by atoms with van der Waals surface area (Å²) in [5.74, 6) is 1.43. The van der Waals surface area contributed by atoms with E-state index in [-0.39, 0.29) is 17.8 Å². The molecule has 2 aromatic rings. The highest BCUT2D eigenvalue weighted by Gasteiger charge is 2.26. The number of fused-ring (bicyclic) bond motifs is 1. The number of rotatable bonds is 8. The summed E-state index contributed by atoms with van der Waals surface area (Å²) in [6.07, 6.45) is 0.848. The van der Waals surface area contributed by atoms with Crippen molar-refractivity contribution in [3.8, 4) is 17.2 Å². The second kappa shape index (κ2) is 8.55. The Bertz CT molecular complexity index is 822. The fraction of sp³-hybridized carbons (Fsp3) is 0.435. The van der Waals surface area contributed by atoms with Crippen LogP contribution < -0.4 is 14.2 Å². The van der Waals surface area contributed by atoms with E-state index in [1.807, 2.05) is 30.3 Å². The molecule has 28 heavy (non-hydrogen) atoms. The molecule has 0 bridgehead atoms. The number of carboxylic acids is 1. The minimum Gasteiger partial charge on any atom is -0.493 e. The second-order valence-electron chi connectivity index (χ2n) is 8.13. The van der Waals surface area contributed by atoms with E-state index in [0.29, 0.717) is 19.8 Å². The molecule has 0 amide bonds. The van der Waals surface area contributed by atoms with E-state index in [4.69, 9.17) is 19.3 Å². The summed E-state index contributed by atoms with van der Waals surface area (Å²) in [4.78, 5) is 10.9. The summed E-state index contributed by atoms with van der Waals surface area (Å²) >= 11 is 0. The average molecular weight is 384 g/mol. The molecule has 0 aliphatic carbocycles. The molecule has 1 unspecified atom stereocenters. The molecule has 5 heteroatoms. The van der Waals surface area contributed by atoms with Crippen molar-refractivity contribution < 1.29 is 24.1 Å². The predicted molar refractivity (Wildman–Crippen MR) is 108 cm³/mol. The summed E-state index contributed by atoms with van der Waals surface area (Å²) in [7, 11) is 0. The summed E-state index contributed by atoms with van der Waals surface area (Å²) < 4.78 is 17.2. The minimum absolute atomic E-state index is 0.0843. The first-order valence-electron chi connectivity index (χ1n) is 9.67. The number of carbonyl (C=O) groups is 1. The molecule has 1 N–H and O–H groups in total. The zero-order valence-electron chi connectivity index (χ0n) is 16.7. The van der Waals surface area contributed by atoms with Crippen molar-refractivity contribution in [1.29, 1.82) is 0 Å². The zero-order valence-corrected chi connectivity index (χ0v) is 16.7. The standard InChI is InChI=1S/C23H28O5/c1-23(2,3)17-6-4-7-18(13-17)26-10-5-11-27-19-8-9-20-16(12-22(24)25)15-28-21(20)14-19/h4,6-9,13-14,16H,5,10-12,15H2,1-3H3,(H,24,25). The Morgan fingerprint density at radius 3 is 2.50 bits per heavy atom. The molecule has 0 radical (unpaired) electrons. The SMILES string of the molecule is CC(C)(C)c1cccc(OCCCOc2ccc3c(c2)OCC3CC(=O)O)c1. The molecular weight excluding hydrogens is 356 g/mol. The lowest BCUT2D eigenvalue weighted by Crippen LogP contribution is -2.11. The fourth-order valence-corrected chi connectivity index (χ4v) is 3.22. The lowest BCUT2D eigenvalue weighted by Gasteiger charge is -2.19. The van der Waals surface area contributed by atoms with Crippen molar-refractivity contribution in [2.45, 2.75) is 44.9 Å². The van der Waals surface area contributed by atoms with Crippen LogP contribution in [0.15, 0.2) is 42.5 Å². The van der Waals surface area contributed by atoms with E-state index in [0.717, 1.165) is 29.2 Å². The van der Waals surface area contributed by atoms with E-state index >= 15 is 0 Å². The van der Waals surface area contributed by atoms with E-state index in [2.05, 4.69) is 32.9 Å². The van der Waals surface area contributed by atoms with Gasteiger partial charge in [-0.15, -0.1) is 0 Å². The van der Waals surface area contributed by atoms with Gasteiger partial charge >= 0.3 is 5.97 Å². The second-order valence-corrected chi connectivity index (χ2v) is 8.13. The Kier molecular flexibility index (Phi) is 6.12. The van der Waals surface area contributed by atoms with Gasteiger partial charge in [0.05, 0.1) is 26.2 Å². The summed E-state index contributed by atoms with van der Waals surface area (Å²) in [5, 5.41) is 8.97. The molecule has 2 aromatic carbocycles.